The molecule has 0 bridgehead atoms. The Morgan fingerprint density at radius 1 is 1.39 bits per heavy atom. The highest BCUT2D eigenvalue weighted by atomic mass is 16.6. The summed E-state index contributed by atoms with van der Waals surface area (Å²) in [4.78, 5) is 23.2. The first-order valence-electron chi connectivity index (χ1n) is 5.35. The van der Waals surface area contributed by atoms with Crippen molar-refractivity contribution in [1.82, 2.24) is 14.5 Å². The van der Waals surface area contributed by atoms with Crippen LogP contribution in [0.2, 0.25) is 0 Å². The molecule has 94 valence electrons. The number of ether oxygens (including phenoxy) is 1. The fourth-order valence-corrected chi connectivity index (χ4v) is 1.47. The first-order chi connectivity index (χ1) is 8.65. The van der Waals surface area contributed by atoms with Crippen LogP contribution in [0, 0.1) is 0 Å². The first-order valence-corrected chi connectivity index (χ1v) is 5.35. The Hall–Kier alpha value is -2.57. The molecule has 18 heavy (non-hydrogen) atoms. The summed E-state index contributed by atoms with van der Waals surface area (Å²) < 4.78 is 6.12. The summed E-state index contributed by atoms with van der Waals surface area (Å²) in [5, 5.41) is 3.87. The topological polar surface area (TPSA) is 92.1 Å². The van der Waals surface area contributed by atoms with Gasteiger partial charge in [0.05, 0.1) is 6.61 Å². The summed E-state index contributed by atoms with van der Waals surface area (Å²) >= 11 is 0. The molecule has 0 fully saturated rings. The zero-order valence-electron chi connectivity index (χ0n) is 9.74. The van der Waals surface area contributed by atoms with Crippen LogP contribution in [0.3, 0.4) is 0 Å². The van der Waals surface area contributed by atoms with Crippen molar-refractivity contribution in [3.63, 3.8) is 0 Å². The van der Waals surface area contributed by atoms with Crippen molar-refractivity contribution in [3.8, 4) is 11.4 Å². The minimum absolute atomic E-state index is 0.156. The second kappa shape index (κ2) is 4.74. The number of hydrogen-bond donors (Lipinski definition) is 1. The standard InChI is InChI=1S/C11H12N4O3/c1-2-18-11(17)15-10(16)14(12)9(13-15)8-6-4-3-5-7-8/h3-7H,2,12H2,1H3. The quantitative estimate of drug-likeness (QED) is 0.778. The number of nitrogens with two attached hydrogens (primary N) is 1. The lowest BCUT2D eigenvalue weighted by Gasteiger charge is -1.98. The maximum Gasteiger partial charge on any atom is 0.439 e. The predicted molar refractivity (Wildman–Crippen MR) is 64.5 cm³/mol. The number of rotatable bonds is 2. The van der Waals surface area contributed by atoms with Crippen LogP contribution in [0.15, 0.2) is 35.1 Å². The fourth-order valence-electron chi connectivity index (χ4n) is 1.47. The molecule has 1 heterocycles. The molecule has 1 aromatic heterocycles. The molecule has 2 N–H and O–H groups in total. The van der Waals surface area contributed by atoms with E-state index in [0.29, 0.717) is 10.2 Å². The molecule has 0 saturated heterocycles. The van der Waals surface area contributed by atoms with E-state index < -0.39 is 11.8 Å². The van der Waals surface area contributed by atoms with Crippen LogP contribution >= 0.6 is 0 Å². The largest absolute Gasteiger partial charge is 0.448 e. The normalized spacial score (nSPS) is 10.3. The van der Waals surface area contributed by atoms with Crippen molar-refractivity contribution in [2.75, 3.05) is 12.4 Å². The molecule has 0 amide bonds. The average molecular weight is 248 g/mol. The second-order valence-electron chi connectivity index (χ2n) is 3.45. The summed E-state index contributed by atoms with van der Waals surface area (Å²) in [6.45, 7) is 1.80. The molecule has 0 unspecified atom stereocenters. The number of hydrogen-bond acceptors (Lipinski definition) is 5. The maximum absolute atomic E-state index is 11.7. The van der Waals surface area contributed by atoms with Crippen molar-refractivity contribution in [3.05, 3.63) is 40.8 Å². The van der Waals surface area contributed by atoms with E-state index in [4.69, 9.17) is 10.6 Å². The van der Waals surface area contributed by atoms with Gasteiger partial charge < -0.3 is 10.6 Å². The van der Waals surface area contributed by atoms with Gasteiger partial charge in [-0.1, -0.05) is 30.3 Å². The van der Waals surface area contributed by atoms with Gasteiger partial charge in [0, 0.05) is 5.56 Å². The molecule has 2 rings (SSSR count). The van der Waals surface area contributed by atoms with E-state index in [0.717, 1.165) is 4.68 Å². The lowest BCUT2D eigenvalue weighted by atomic mass is 10.2. The minimum Gasteiger partial charge on any atom is -0.448 e. The lowest BCUT2D eigenvalue weighted by Crippen LogP contribution is -2.34. The smallest absolute Gasteiger partial charge is 0.439 e. The predicted octanol–water partition coefficient (Wildman–Crippen LogP) is 0.430. The van der Waals surface area contributed by atoms with E-state index in [-0.39, 0.29) is 12.4 Å². The van der Waals surface area contributed by atoms with E-state index in [2.05, 4.69) is 5.10 Å². The number of aromatic nitrogens is 3. The van der Waals surface area contributed by atoms with Gasteiger partial charge in [-0.25, -0.2) is 9.59 Å². The monoisotopic (exact) mass is 248 g/mol. The highest BCUT2D eigenvalue weighted by molar-refractivity contribution is 5.70. The van der Waals surface area contributed by atoms with Gasteiger partial charge in [-0.05, 0) is 6.92 Å². The molecular formula is C11H12N4O3. The van der Waals surface area contributed by atoms with Gasteiger partial charge in [0.25, 0.3) is 0 Å². The van der Waals surface area contributed by atoms with E-state index in [9.17, 15) is 9.59 Å². The Morgan fingerprint density at radius 3 is 2.67 bits per heavy atom. The van der Waals surface area contributed by atoms with Crippen molar-refractivity contribution >= 4 is 6.09 Å². The Morgan fingerprint density at radius 2 is 2.06 bits per heavy atom. The number of carbonyl (C=O) groups excluding carboxylic acids is 1. The minimum atomic E-state index is -0.844. The summed E-state index contributed by atoms with van der Waals surface area (Å²) in [5.74, 6) is 5.78. The Bertz CT molecular complexity index is 615. The first kappa shape index (κ1) is 11.9. The summed E-state index contributed by atoms with van der Waals surface area (Å²) in [5.41, 5.74) is -0.104. The van der Waals surface area contributed by atoms with Gasteiger partial charge in [-0.3, -0.25) is 0 Å². The van der Waals surface area contributed by atoms with Crippen LogP contribution in [0.4, 0.5) is 4.79 Å². The third kappa shape index (κ3) is 1.97. The fraction of sp³-hybridized carbons (Fsp3) is 0.182. The Balaban J connectivity index is 2.50. The summed E-state index contributed by atoms with van der Waals surface area (Å²) in [7, 11) is 0. The molecule has 0 spiro atoms. The molecule has 0 radical (unpaired) electrons. The number of carbonyl (C=O) groups is 1. The zero-order valence-corrected chi connectivity index (χ0v) is 9.74. The average Bonchev–Trinajstić information content (AvgIpc) is 2.68. The molecule has 0 aliphatic heterocycles. The van der Waals surface area contributed by atoms with Crippen LogP contribution in [0.5, 0.6) is 0 Å². The number of nitrogen functional groups attached to an aromatic ring is 1. The van der Waals surface area contributed by atoms with E-state index >= 15 is 0 Å². The Labute approximate surface area is 102 Å². The van der Waals surface area contributed by atoms with Crippen LogP contribution in [0.1, 0.15) is 6.92 Å². The zero-order chi connectivity index (χ0) is 13.1. The van der Waals surface area contributed by atoms with E-state index in [1.807, 2.05) is 6.07 Å². The van der Waals surface area contributed by atoms with Gasteiger partial charge in [0.15, 0.2) is 5.82 Å². The van der Waals surface area contributed by atoms with Gasteiger partial charge in [-0.2, -0.15) is 4.68 Å². The third-order valence-corrected chi connectivity index (χ3v) is 2.28. The maximum atomic E-state index is 11.7. The van der Waals surface area contributed by atoms with Crippen molar-refractivity contribution in [2.24, 2.45) is 0 Å². The number of benzene rings is 1. The molecule has 1 aromatic carbocycles. The molecule has 0 aliphatic rings. The molecule has 0 atom stereocenters. The van der Waals surface area contributed by atoms with Gasteiger partial charge in [-0.15, -0.1) is 9.78 Å². The van der Waals surface area contributed by atoms with Crippen molar-refractivity contribution in [2.45, 2.75) is 6.92 Å². The second-order valence-corrected chi connectivity index (χ2v) is 3.45. The van der Waals surface area contributed by atoms with Gasteiger partial charge in [0.1, 0.15) is 0 Å². The van der Waals surface area contributed by atoms with E-state index in [1.165, 1.54) is 0 Å². The molecular weight excluding hydrogens is 236 g/mol. The molecule has 7 nitrogen and oxygen atoms in total. The molecule has 0 aliphatic carbocycles. The molecule has 2 aromatic rings. The van der Waals surface area contributed by atoms with Gasteiger partial charge in [0.2, 0.25) is 0 Å². The highest BCUT2D eigenvalue weighted by Gasteiger charge is 2.18. The van der Waals surface area contributed by atoms with Crippen LogP contribution in [-0.2, 0) is 4.74 Å². The van der Waals surface area contributed by atoms with Crippen LogP contribution < -0.4 is 11.5 Å². The Kier molecular flexibility index (Phi) is 3.13. The molecule has 7 heteroatoms. The lowest BCUT2D eigenvalue weighted by molar-refractivity contribution is 0.149. The van der Waals surface area contributed by atoms with Crippen molar-refractivity contribution in [1.29, 1.82) is 0 Å². The van der Waals surface area contributed by atoms with Crippen molar-refractivity contribution < 1.29 is 9.53 Å². The highest BCUT2D eigenvalue weighted by Crippen LogP contribution is 2.12. The van der Waals surface area contributed by atoms with Gasteiger partial charge >= 0.3 is 11.8 Å². The summed E-state index contributed by atoms with van der Waals surface area (Å²) in [6.07, 6.45) is -0.844. The number of nitrogens with zero attached hydrogens (tertiary/aromatic N) is 3. The third-order valence-electron chi connectivity index (χ3n) is 2.28. The SMILES string of the molecule is CCOC(=O)n1nc(-c2ccccc2)n(N)c1=O. The van der Waals surface area contributed by atoms with Crippen LogP contribution in [0.25, 0.3) is 11.4 Å². The van der Waals surface area contributed by atoms with Crippen LogP contribution in [-0.4, -0.2) is 27.2 Å². The van der Waals surface area contributed by atoms with E-state index in [1.54, 1.807) is 31.2 Å². The molecule has 0 saturated carbocycles. The summed E-state index contributed by atoms with van der Waals surface area (Å²) in [6, 6.07) is 8.86.